The van der Waals surface area contributed by atoms with E-state index in [0.717, 1.165) is 0 Å². The number of carbonyl (C=O) groups is 2. The number of hydrogen-bond acceptors (Lipinski definition) is 3. The maximum absolute atomic E-state index is 9.69. The zero-order chi connectivity index (χ0) is 8.36. The van der Waals surface area contributed by atoms with Gasteiger partial charge in [-0.05, 0) is 10.8 Å². The summed E-state index contributed by atoms with van der Waals surface area (Å²) >= 11 is 1.33. The highest BCUT2D eigenvalue weighted by Gasteiger charge is 1.70. The van der Waals surface area contributed by atoms with Crippen molar-refractivity contribution in [2.45, 2.75) is 0 Å². The van der Waals surface area contributed by atoms with Crippen molar-refractivity contribution in [3.8, 4) is 0 Å². The van der Waals surface area contributed by atoms with Crippen molar-refractivity contribution >= 4 is 24.6 Å². The molecule has 0 aliphatic heterocycles. The van der Waals surface area contributed by atoms with E-state index in [0.29, 0.717) is 12.8 Å². The number of nitrogens with one attached hydrogen (secondary N) is 2. The van der Waals surface area contributed by atoms with Crippen LogP contribution in [0.4, 0.5) is 0 Å². The monoisotopic (exact) mass is 172 g/mol. The van der Waals surface area contributed by atoms with Gasteiger partial charge in [0.1, 0.15) is 0 Å². The van der Waals surface area contributed by atoms with Gasteiger partial charge in [0.2, 0.25) is 12.8 Å². The van der Waals surface area contributed by atoms with Crippen molar-refractivity contribution in [3.63, 3.8) is 0 Å². The van der Waals surface area contributed by atoms with E-state index in [1.165, 1.54) is 24.2 Å². The van der Waals surface area contributed by atoms with Crippen LogP contribution in [0, 0.1) is 0 Å². The Hall–Kier alpha value is -1.23. The minimum atomic E-state index is 0.574. The van der Waals surface area contributed by atoms with E-state index < -0.39 is 0 Å². The molecule has 0 aromatic heterocycles. The van der Waals surface area contributed by atoms with Crippen LogP contribution in [-0.2, 0) is 9.59 Å². The van der Waals surface area contributed by atoms with Gasteiger partial charge in [-0.1, -0.05) is 0 Å². The molecular weight excluding hydrogens is 164 g/mol. The molecule has 0 unspecified atom stereocenters. The number of rotatable bonds is 6. The van der Waals surface area contributed by atoms with Gasteiger partial charge in [-0.3, -0.25) is 9.59 Å². The second-order valence-electron chi connectivity index (χ2n) is 1.31. The van der Waals surface area contributed by atoms with E-state index in [9.17, 15) is 9.59 Å². The molecule has 0 aromatic rings. The molecule has 0 aliphatic carbocycles. The summed E-state index contributed by atoms with van der Waals surface area (Å²) in [5.41, 5.74) is 0. The van der Waals surface area contributed by atoms with E-state index >= 15 is 0 Å². The fourth-order valence-corrected chi connectivity index (χ4v) is 0.686. The number of amides is 2. The average molecular weight is 172 g/mol. The van der Waals surface area contributed by atoms with E-state index in [2.05, 4.69) is 10.6 Å². The van der Waals surface area contributed by atoms with Crippen LogP contribution in [0.2, 0.25) is 0 Å². The van der Waals surface area contributed by atoms with Crippen molar-refractivity contribution < 1.29 is 9.59 Å². The van der Waals surface area contributed by atoms with Crippen molar-refractivity contribution in [2.24, 2.45) is 0 Å². The third-order valence-corrected chi connectivity index (χ3v) is 1.21. The van der Waals surface area contributed by atoms with Crippen LogP contribution in [0.5, 0.6) is 0 Å². The topological polar surface area (TPSA) is 58.2 Å². The summed E-state index contributed by atoms with van der Waals surface area (Å²) in [6, 6.07) is 0. The van der Waals surface area contributed by atoms with Crippen LogP contribution in [0.15, 0.2) is 23.2 Å². The quantitative estimate of drug-likeness (QED) is 0.561. The lowest BCUT2D eigenvalue weighted by Gasteiger charge is -1.83. The van der Waals surface area contributed by atoms with E-state index in [-0.39, 0.29) is 0 Å². The van der Waals surface area contributed by atoms with E-state index in [1.54, 1.807) is 10.8 Å². The Morgan fingerprint density at radius 1 is 0.909 bits per heavy atom. The van der Waals surface area contributed by atoms with Crippen molar-refractivity contribution in [3.05, 3.63) is 23.2 Å². The van der Waals surface area contributed by atoms with Crippen LogP contribution in [0.1, 0.15) is 0 Å². The normalized spacial score (nSPS) is 10.2. The summed E-state index contributed by atoms with van der Waals surface area (Å²) in [7, 11) is 0. The Labute approximate surface area is 68.7 Å². The molecule has 11 heavy (non-hydrogen) atoms. The molecule has 0 aliphatic rings. The summed E-state index contributed by atoms with van der Waals surface area (Å²) in [4.78, 5) is 19.4. The van der Waals surface area contributed by atoms with Gasteiger partial charge < -0.3 is 10.6 Å². The summed E-state index contributed by atoms with van der Waals surface area (Å²) in [6.45, 7) is 0. The van der Waals surface area contributed by atoms with Crippen molar-refractivity contribution in [2.75, 3.05) is 0 Å². The largest absolute Gasteiger partial charge is 0.335 e. The molecular formula is C6H8N2O2S. The van der Waals surface area contributed by atoms with Crippen LogP contribution in [-0.4, -0.2) is 12.8 Å². The summed E-state index contributed by atoms with van der Waals surface area (Å²) in [5, 5.41) is 7.99. The van der Waals surface area contributed by atoms with Crippen LogP contribution < -0.4 is 10.6 Å². The predicted molar refractivity (Wildman–Crippen MR) is 44.3 cm³/mol. The molecule has 5 heteroatoms. The zero-order valence-corrected chi connectivity index (χ0v) is 6.51. The van der Waals surface area contributed by atoms with Gasteiger partial charge in [0.15, 0.2) is 0 Å². The van der Waals surface area contributed by atoms with E-state index in [4.69, 9.17) is 0 Å². The standard InChI is InChI=1S/C6H8N2O2S/c9-5-7-1-3-11-4-2-8-6-10/h1-6H,(H,7,9)(H,8,10). The van der Waals surface area contributed by atoms with E-state index in [1.807, 2.05) is 0 Å². The summed E-state index contributed by atoms with van der Waals surface area (Å²) in [6.07, 6.45) is 4.13. The van der Waals surface area contributed by atoms with Gasteiger partial charge >= 0.3 is 0 Å². The molecule has 0 atom stereocenters. The van der Waals surface area contributed by atoms with Gasteiger partial charge in [0, 0.05) is 12.4 Å². The maximum Gasteiger partial charge on any atom is 0.211 e. The minimum Gasteiger partial charge on any atom is -0.335 e. The minimum absolute atomic E-state index is 0.574. The number of hydrogen-bond donors (Lipinski definition) is 2. The fraction of sp³-hybridized carbons (Fsp3) is 0. The molecule has 0 fully saturated rings. The predicted octanol–water partition coefficient (Wildman–Crippen LogP) is 0.154. The molecule has 2 amide bonds. The second kappa shape index (κ2) is 8.77. The third kappa shape index (κ3) is 8.77. The first-order valence-corrected chi connectivity index (χ1v) is 3.71. The second-order valence-corrected chi connectivity index (χ2v) is 2.13. The summed E-state index contributed by atoms with van der Waals surface area (Å²) in [5.74, 6) is 0. The average Bonchev–Trinajstić information content (AvgIpc) is 2.03. The summed E-state index contributed by atoms with van der Waals surface area (Å²) < 4.78 is 0. The molecule has 0 rings (SSSR count). The molecule has 2 N–H and O–H groups in total. The lowest BCUT2D eigenvalue weighted by Crippen LogP contribution is -1.98. The Morgan fingerprint density at radius 3 is 1.73 bits per heavy atom. The Balaban J connectivity index is 3.24. The van der Waals surface area contributed by atoms with Crippen LogP contribution in [0.25, 0.3) is 0 Å². The highest BCUT2D eigenvalue weighted by atomic mass is 32.2. The Bertz CT molecular complexity index is 150. The fourth-order valence-electron chi connectivity index (χ4n) is 0.281. The van der Waals surface area contributed by atoms with Crippen molar-refractivity contribution in [1.82, 2.24) is 10.6 Å². The van der Waals surface area contributed by atoms with Gasteiger partial charge in [0.25, 0.3) is 0 Å². The van der Waals surface area contributed by atoms with Gasteiger partial charge in [-0.15, -0.1) is 11.8 Å². The molecule has 4 nitrogen and oxygen atoms in total. The lowest BCUT2D eigenvalue weighted by molar-refractivity contribution is -0.109. The molecule has 60 valence electrons. The Morgan fingerprint density at radius 2 is 1.36 bits per heavy atom. The SMILES string of the molecule is O=CNC=CSC=CNC=O. The number of thioether (sulfide) groups is 1. The molecule has 0 aromatic carbocycles. The lowest BCUT2D eigenvalue weighted by atomic mass is 11.0. The maximum atomic E-state index is 9.69. The smallest absolute Gasteiger partial charge is 0.211 e. The first-order valence-electron chi connectivity index (χ1n) is 2.76. The van der Waals surface area contributed by atoms with Gasteiger partial charge in [-0.2, -0.15) is 0 Å². The van der Waals surface area contributed by atoms with Gasteiger partial charge in [-0.25, -0.2) is 0 Å². The van der Waals surface area contributed by atoms with Crippen molar-refractivity contribution in [1.29, 1.82) is 0 Å². The van der Waals surface area contributed by atoms with Crippen LogP contribution >= 0.6 is 11.8 Å². The molecule has 0 heterocycles. The van der Waals surface area contributed by atoms with Gasteiger partial charge in [0.05, 0.1) is 0 Å². The first-order chi connectivity index (χ1) is 5.41. The molecule has 0 spiro atoms. The van der Waals surface area contributed by atoms with Crippen LogP contribution in [0.3, 0.4) is 0 Å². The first kappa shape index (κ1) is 9.77. The highest BCUT2D eigenvalue weighted by molar-refractivity contribution is 8.04. The highest BCUT2D eigenvalue weighted by Crippen LogP contribution is 2.00. The Kier molecular flexibility index (Phi) is 7.79. The molecule has 0 saturated heterocycles. The number of carbonyl (C=O) groups excluding carboxylic acids is 2. The molecule has 0 saturated carbocycles. The third-order valence-electron chi connectivity index (χ3n) is 0.622. The zero-order valence-electron chi connectivity index (χ0n) is 5.69. The molecule has 0 radical (unpaired) electrons. The molecule has 0 bridgehead atoms.